The lowest BCUT2D eigenvalue weighted by Gasteiger charge is -2.08. The normalized spacial score (nSPS) is 8.61. The molecule has 0 unspecified atom stereocenters. The molecule has 0 amide bonds. The Bertz CT molecular complexity index is 565. The predicted octanol–water partition coefficient (Wildman–Crippen LogP) is 1.21. The molecule has 0 radical (unpaired) electrons. The quantitative estimate of drug-likeness (QED) is 0.606. The number of rotatable bonds is 4. The molecule has 1 aromatic rings. The molecular formula is C11H8N4O3. The van der Waals surface area contributed by atoms with Crippen LogP contribution in [0.25, 0.3) is 0 Å². The van der Waals surface area contributed by atoms with Crippen molar-refractivity contribution in [3.05, 3.63) is 23.8 Å². The zero-order valence-electron chi connectivity index (χ0n) is 9.34. The van der Waals surface area contributed by atoms with E-state index in [9.17, 15) is 4.79 Å². The minimum Gasteiger partial charge on any atom is -0.494 e. The molecule has 7 nitrogen and oxygen atoms in total. The van der Waals surface area contributed by atoms with Crippen molar-refractivity contribution in [1.29, 1.82) is 10.5 Å². The standard InChI is InChI=1S/C11H8N4O3/c1-18-10-4-7(11(16)17)2-3-9(10)15-14-8(5-12)6-13/h2-4,15H,1H3,(H,16,17). The van der Waals surface area contributed by atoms with Crippen LogP contribution in [0.1, 0.15) is 10.4 Å². The number of carbonyl (C=O) groups is 1. The monoisotopic (exact) mass is 244 g/mol. The molecule has 90 valence electrons. The molecule has 0 aliphatic heterocycles. The molecule has 0 aliphatic rings. The summed E-state index contributed by atoms with van der Waals surface area (Å²) in [5.74, 6) is -0.841. The summed E-state index contributed by atoms with van der Waals surface area (Å²) in [5.41, 5.74) is 2.52. The van der Waals surface area contributed by atoms with E-state index in [1.807, 2.05) is 0 Å². The third-order valence-corrected chi connectivity index (χ3v) is 1.95. The molecule has 0 fully saturated rings. The highest BCUT2D eigenvalue weighted by Crippen LogP contribution is 2.25. The lowest BCUT2D eigenvalue weighted by molar-refractivity contribution is 0.0696. The Morgan fingerprint density at radius 3 is 2.61 bits per heavy atom. The van der Waals surface area contributed by atoms with Crippen molar-refractivity contribution >= 4 is 17.4 Å². The van der Waals surface area contributed by atoms with Gasteiger partial charge in [-0.3, -0.25) is 5.43 Å². The minimum atomic E-state index is -1.09. The van der Waals surface area contributed by atoms with Gasteiger partial charge in [-0.15, -0.1) is 0 Å². The Morgan fingerprint density at radius 2 is 2.11 bits per heavy atom. The van der Waals surface area contributed by atoms with Gasteiger partial charge in [0.25, 0.3) is 0 Å². The van der Waals surface area contributed by atoms with E-state index in [4.69, 9.17) is 20.4 Å². The van der Waals surface area contributed by atoms with Gasteiger partial charge < -0.3 is 9.84 Å². The fourth-order valence-corrected chi connectivity index (χ4v) is 1.11. The van der Waals surface area contributed by atoms with Crippen LogP contribution in [-0.4, -0.2) is 23.9 Å². The number of carboxylic acid groups (broad SMARTS) is 1. The highest BCUT2D eigenvalue weighted by molar-refractivity contribution is 6.10. The van der Waals surface area contributed by atoms with Crippen LogP contribution < -0.4 is 10.2 Å². The number of hydrogen-bond donors (Lipinski definition) is 2. The van der Waals surface area contributed by atoms with Crippen molar-refractivity contribution in [2.75, 3.05) is 12.5 Å². The van der Waals surface area contributed by atoms with Gasteiger partial charge in [0.15, 0.2) is 0 Å². The number of nitriles is 2. The molecular weight excluding hydrogens is 236 g/mol. The number of carboxylic acids is 1. The summed E-state index contributed by atoms with van der Waals surface area (Å²) in [5, 5.41) is 29.3. The van der Waals surface area contributed by atoms with Gasteiger partial charge in [-0.1, -0.05) is 0 Å². The van der Waals surface area contributed by atoms with E-state index in [2.05, 4.69) is 10.5 Å². The summed E-state index contributed by atoms with van der Waals surface area (Å²) in [7, 11) is 1.37. The van der Waals surface area contributed by atoms with Crippen LogP contribution in [0.3, 0.4) is 0 Å². The highest BCUT2D eigenvalue weighted by atomic mass is 16.5. The van der Waals surface area contributed by atoms with Crippen LogP contribution in [0.4, 0.5) is 5.69 Å². The van der Waals surface area contributed by atoms with Gasteiger partial charge in [0, 0.05) is 0 Å². The topological polar surface area (TPSA) is 118 Å². The van der Waals surface area contributed by atoms with Gasteiger partial charge in [0.2, 0.25) is 5.71 Å². The lowest BCUT2D eigenvalue weighted by Crippen LogP contribution is -2.01. The maximum absolute atomic E-state index is 10.7. The smallest absolute Gasteiger partial charge is 0.335 e. The van der Waals surface area contributed by atoms with Gasteiger partial charge in [-0.2, -0.15) is 15.6 Å². The number of methoxy groups -OCH3 is 1. The molecule has 0 heterocycles. The first kappa shape index (κ1) is 13.0. The Morgan fingerprint density at radius 1 is 1.44 bits per heavy atom. The first-order valence-corrected chi connectivity index (χ1v) is 4.67. The summed E-state index contributed by atoms with van der Waals surface area (Å²) in [6.45, 7) is 0. The molecule has 0 spiro atoms. The summed E-state index contributed by atoms with van der Waals surface area (Å²) in [6.07, 6.45) is 0. The SMILES string of the molecule is COc1cc(C(=O)O)ccc1NN=C(C#N)C#N. The van der Waals surface area contributed by atoms with E-state index in [-0.39, 0.29) is 17.0 Å². The number of aromatic carboxylic acids is 1. The van der Waals surface area contributed by atoms with Crippen molar-refractivity contribution in [1.82, 2.24) is 0 Å². The number of hydrogen-bond acceptors (Lipinski definition) is 6. The summed E-state index contributed by atoms with van der Waals surface area (Å²) >= 11 is 0. The van der Waals surface area contributed by atoms with Crippen molar-refractivity contribution < 1.29 is 14.6 Å². The predicted molar refractivity (Wildman–Crippen MR) is 62.2 cm³/mol. The Hall–Kier alpha value is -3.06. The molecule has 0 aliphatic carbocycles. The van der Waals surface area contributed by atoms with Crippen LogP contribution >= 0.6 is 0 Å². The first-order valence-electron chi connectivity index (χ1n) is 4.67. The first-order chi connectivity index (χ1) is 8.62. The molecule has 2 N–H and O–H groups in total. The van der Waals surface area contributed by atoms with E-state index < -0.39 is 5.97 Å². The molecule has 0 aromatic heterocycles. The molecule has 1 rings (SSSR count). The Balaban J connectivity index is 3.05. The van der Waals surface area contributed by atoms with Crippen LogP contribution in [-0.2, 0) is 0 Å². The van der Waals surface area contributed by atoms with Crippen LogP contribution in [0.2, 0.25) is 0 Å². The Kier molecular flexibility index (Phi) is 4.24. The van der Waals surface area contributed by atoms with Gasteiger partial charge in [-0.25, -0.2) is 4.79 Å². The van der Waals surface area contributed by atoms with Crippen molar-refractivity contribution in [2.45, 2.75) is 0 Å². The van der Waals surface area contributed by atoms with Crippen LogP contribution in [0.5, 0.6) is 5.75 Å². The van der Waals surface area contributed by atoms with Crippen molar-refractivity contribution in [3.8, 4) is 17.9 Å². The van der Waals surface area contributed by atoms with Crippen LogP contribution in [0, 0.1) is 22.7 Å². The van der Waals surface area contributed by atoms with E-state index >= 15 is 0 Å². The van der Waals surface area contributed by atoms with E-state index in [0.717, 1.165) is 0 Å². The highest BCUT2D eigenvalue weighted by Gasteiger charge is 2.08. The largest absolute Gasteiger partial charge is 0.494 e. The van der Waals surface area contributed by atoms with Gasteiger partial charge >= 0.3 is 5.97 Å². The third kappa shape index (κ3) is 2.97. The maximum atomic E-state index is 10.7. The molecule has 0 saturated carbocycles. The summed E-state index contributed by atoms with van der Waals surface area (Å²) in [6, 6.07) is 7.24. The Labute approximate surface area is 103 Å². The van der Waals surface area contributed by atoms with Crippen molar-refractivity contribution in [2.24, 2.45) is 5.10 Å². The van der Waals surface area contributed by atoms with E-state index in [1.54, 1.807) is 12.1 Å². The fourth-order valence-electron chi connectivity index (χ4n) is 1.11. The number of benzene rings is 1. The third-order valence-electron chi connectivity index (χ3n) is 1.95. The second kappa shape index (κ2) is 5.87. The van der Waals surface area contributed by atoms with Crippen molar-refractivity contribution in [3.63, 3.8) is 0 Å². The number of nitrogens with one attached hydrogen (secondary N) is 1. The summed E-state index contributed by atoms with van der Waals surface area (Å²) < 4.78 is 4.97. The van der Waals surface area contributed by atoms with Gasteiger partial charge in [-0.05, 0) is 18.2 Å². The summed E-state index contributed by atoms with van der Waals surface area (Å²) in [4.78, 5) is 10.7. The van der Waals surface area contributed by atoms with Gasteiger partial charge in [0.05, 0.1) is 18.4 Å². The second-order valence-corrected chi connectivity index (χ2v) is 3.02. The lowest BCUT2D eigenvalue weighted by atomic mass is 10.2. The van der Waals surface area contributed by atoms with E-state index in [0.29, 0.717) is 5.69 Å². The zero-order valence-corrected chi connectivity index (χ0v) is 9.34. The maximum Gasteiger partial charge on any atom is 0.335 e. The van der Waals surface area contributed by atoms with Crippen LogP contribution in [0.15, 0.2) is 23.3 Å². The number of nitrogens with zero attached hydrogens (tertiary/aromatic N) is 3. The van der Waals surface area contributed by atoms with E-state index in [1.165, 1.54) is 25.3 Å². The average Bonchev–Trinajstić information content (AvgIpc) is 2.39. The number of anilines is 1. The molecule has 0 atom stereocenters. The molecule has 0 bridgehead atoms. The molecule has 18 heavy (non-hydrogen) atoms. The number of ether oxygens (including phenoxy) is 1. The van der Waals surface area contributed by atoms with Gasteiger partial charge in [0.1, 0.15) is 17.9 Å². The average molecular weight is 244 g/mol. The minimum absolute atomic E-state index is 0.0576. The fraction of sp³-hybridized carbons (Fsp3) is 0.0909. The molecule has 0 saturated heterocycles. The number of hydrazone groups is 1. The zero-order chi connectivity index (χ0) is 13.5. The second-order valence-electron chi connectivity index (χ2n) is 3.02. The molecule has 7 heteroatoms. The molecule has 1 aromatic carbocycles.